The Hall–Kier alpha value is -2.63. The number of nitro groups is 1. The first-order chi connectivity index (χ1) is 10.1. The number of rotatable bonds is 6. The van der Waals surface area contributed by atoms with Crippen LogP contribution in [0.5, 0.6) is 5.75 Å². The van der Waals surface area contributed by atoms with Gasteiger partial charge >= 0.3 is 0 Å². The molecule has 0 spiro atoms. The Morgan fingerprint density at radius 2 is 1.95 bits per heavy atom. The van der Waals surface area contributed by atoms with E-state index in [9.17, 15) is 14.5 Å². The Morgan fingerprint density at radius 3 is 2.62 bits per heavy atom. The minimum atomic E-state index is -0.460. The molecule has 0 amide bonds. The van der Waals surface area contributed by atoms with E-state index in [1.165, 1.54) is 24.3 Å². The van der Waals surface area contributed by atoms with E-state index in [0.717, 1.165) is 11.3 Å². The number of nitrogens with zero attached hydrogens (tertiary/aromatic N) is 1. The molecular formula is C15H15FN2O3. The van der Waals surface area contributed by atoms with Gasteiger partial charge in [0.05, 0.1) is 4.92 Å². The van der Waals surface area contributed by atoms with Gasteiger partial charge in [0.25, 0.3) is 5.69 Å². The molecule has 0 unspecified atom stereocenters. The first-order valence-electron chi connectivity index (χ1n) is 6.43. The quantitative estimate of drug-likeness (QED) is 0.502. The SMILES string of the molecule is Cc1ccc(F)cc1NCCOc1ccc([N+](=O)[O-])cc1. The normalized spacial score (nSPS) is 10.2. The Bertz CT molecular complexity index is 629. The van der Waals surface area contributed by atoms with Gasteiger partial charge in [0, 0.05) is 24.4 Å². The fourth-order valence-electron chi connectivity index (χ4n) is 1.80. The second kappa shape index (κ2) is 6.69. The first-order valence-corrected chi connectivity index (χ1v) is 6.43. The summed E-state index contributed by atoms with van der Waals surface area (Å²) in [5.41, 5.74) is 1.70. The highest BCUT2D eigenvalue weighted by Gasteiger charge is 2.04. The lowest BCUT2D eigenvalue weighted by molar-refractivity contribution is -0.384. The smallest absolute Gasteiger partial charge is 0.269 e. The Labute approximate surface area is 121 Å². The van der Waals surface area contributed by atoms with Gasteiger partial charge in [-0.15, -0.1) is 0 Å². The number of halogens is 1. The van der Waals surface area contributed by atoms with E-state index in [0.29, 0.717) is 18.9 Å². The number of hydrogen-bond acceptors (Lipinski definition) is 4. The van der Waals surface area contributed by atoms with Crippen LogP contribution in [0.25, 0.3) is 0 Å². The van der Waals surface area contributed by atoms with Gasteiger partial charge in [-0.05, 0) is 36.8 Å². The highest BCUT2D eigenvalue weighted by atomic mass is 19.1. The highest BCUT2D eigenvalue weighted by Crippen LogP contribution is 2.18. The molecule has 0 aliphatic heterocycles. The van der Waals surface area contributed by atoms with Crippen molar-refractivity contribution in [2.24, 2.45) is 0 Å². The average Bonchev–Trinajstić information content (AvgIpc) is 2.47. The van der Waals surface area contributed by atoms with Gasteiger partial charge in [0.1, 0.15) is 18.2 Å². The summed E-state index contributed by atoms with van der Waals surface area (Å²) in [5, 5.41) is 13.6. The number of nitro benzene ring substituents is 1. The molecule has 6 heteroatoms. The zero-order chi connectivity index (χ0) is 15.2. The molecule has 0 saturated heterocycles. The number of non-ortho nitro benzene ring substituents is 1. The molecule has 110 valence electrons. The number of aryl methyl sites for hydroxylation is 1. The van der Waals surface area contributed by atoms with Crippen molar-refractivity contribution < 1.29 is 14.1 Å². The van der Waals surface area contributed by atoms with Crippen molar-refractivity contribution in [3.05, 3.63) is 64.0 Å². The van der Waals surface area contributed by atoms with Crippen molar-refractivity contribution in [1.82, 2.24) is 0 Å². The van der Waals surface area contributed by atoms with E-state index in [1.54, 1.807) is 18.2 Å². The maximum absolute atomic E-state index is 13.1. The van der Waals surface area contributed by atoms with Gasteiger partial charge in [-0.2, -0.15) is 0 Å². The zero-order valence-corrected chi connectivity index (χ0v) is 11.5. The summed E-state index contributed by atoms with van der Waals surface area (Å²) in [6.07, 6.45) is 0. The monoisotopic (exact) mass is 290 g/mol. The van der Waals surface area contributed by atoms with Gasteiger partial charge in [-0.1, -0.05) is 6.07 Å². The molecule has 0 bridgehead atoms. The van der Waals surface area contributed by atoms with Crippen molar-refractivity contribution in [3.8, 4) is 5.75 Å². The molecule has 1 N–H and O–H groups in total. The Morgan fingerprint density at radius 1 is 1.24 bits per heavy atom. The summed E-state index contributed by atoms with van der Waals surface area (Å²) < 4.78 is 18.6. The Balaban J connectivity index is 1.81. The molecule has 0 atom stereocenters. The first kappa shape index (κ1) is 14.8. The zero-order valence-electron chi connectivity index (χ0n) is 11.5. The molecule has 0 heterocycles. The van der Waals surface area contributed by atoms with Crippen LogP contribution in [-0.4, -0.2) is 18.1 Å². The summed E-state index contributed by atoms with van der Waals surface area (Å²) in [7, 11) is 0. The van der Waals surface area contributed by atoms with E-state index < -0.39 is 4.92 Å². The van der Waals surface area contributed by atoms with Crippen molar-refractivity contribution in [1.29, 1.82) is 0 Å². The average molecular weight is 290 g/mol. The van der Waals surface area contributed by atoms with Gasteiger partial charge in [0.2, 0.25) is 0 Å². The predicted octanol–water partition coefficient (Wildman–Crippen LogP) is 3.53. The molecule has 0 aliphatic rings. The molecule has 0 radical (unpaired) electrons. The van der Waals surface area contributed by atoms with Crippen molar-refractivity contribution in [2.45, 2.75) is 6.92 Å². The lowest BCUT2D eigenvalue weighted by Gasteiger charge is -2.10. The van der Waals surface area contributed by atoms with Crippen LogP contribution >= 0.6 is 0 Å². The Kier molecular flexibility index (Phi) is 4.71. The van der Waals surface area contributed by atoms with E-state index in [1.807, 2.05) is 6.92 Å². The van der Waals surface area contributed by atoms with Crippen LogP contribution in [0, 0.1) is 22.9 Å². The van der Waals surface area contributed by atoms with Crippen LogP contribution in [-0.2, 0) is 0 Å². The van der Waals surface area contributed by atoms with Crippen LogP contribution in [0.2, 0.25) is 0 Å². The van der Waals surface area contributed by atoms with Crippen molar-refractivity contribution in [2.75, 3.05) is 18.5 Å². The molecule has 5 nitrogen and oxygen atoms in total. The van der Waals surface area contributed by atoms with Crippen molar-refractivity contribution in [3.63, 3.8) is 0 Å². The lowest BCUT2D eigenvalue weighted by atomic mass is 10.2. The second-order valence-corrected chi connectivity index (χ2v) is 4.49. The number of anilines is 1. The van der Waals surface area contributed by atoms with Gasteiger partial charge < -0.3 is 10.1 Å². The van der Waals surface area contributed by atoms with Crippen LogP contribution in [0.4, 0.5) is 15.8 Å². The van der Waals surface area contributed by atoms with Crippen LogP contribution in [0.3, 0.4) is 0 Å². The maximum Gasteiger partial charge on any atom is 0.269 e. The van der Waals surface area contributed by atoms with E-state index in [4.69, 9.17) is 4.74 Å². The van der Waals surface area contributed by atoms with E-state index in [2.05, 4.69) is 5.32 Å². The molecule has 2 aromatic carbocycles. The third-order valence-electron chi connectivity index (χ3n) is 2.93. The number of nitrogens with one attached hydrogen (secondary N) is 1. The molecule has 21 heavy (non-hydrogen) atoms. The summed E-state index contributed by atoms with van der Waals surface area (Å²) in [5.74, 6) is 0.262. The van der Waals surface area contributed by atoms with Crippen molar-refractivity contribution >= 4 is 11.4 Å². The van der Waals surface area contributed by atoms with Gasteiger partial charge in [-0.3, -0.25) is 10.1 Å². The minimum Gasteiger partial charge on any atom is -0.492 e. The fraction of sp³-hybridized carbons (Fsp3) is 0.200. The molecule has 0 aliphatic carbocycles. The summed E-state index contributed by atoms with van der Waals surface area (Å²) in [4.78, 5) is 10.1. The predicted molar refractivity (Wildman–Crippen MR) is 78.2 cm³/mol. The molecular weight excluding hydrogens is 275 g/mol. The van der Waals surface area contributed by atoms with Crippen LogP contribution in [0.15, 0.2) is 42.5 Å². The van der Waals surface area contributed by atoms with Crippen LogP contribution in [0.1, 0.15) is 5.56 Å². The van der Waals surface area contributed by atoms with Gasteiger partial charge in [-0.25, -0.2) is 4.39 Å². The summed E-state index contributed by atoms with van der Waals surface area (Å²) >= 11 is 0. The molecule has 0 fully saturated rings. The largest absolute Gasteiger partial charge is 0.492 e. The summed E-state index contributed by atoms with van der Waals surface area (Å²) in [6.45, 7) is 2.76. The maximum atomic E-state index is 13.1. The second-order valence-electron chi connectivity index (χ2n) is 4.49. The fourth-order valence-corrected chi connectivity index (χ4v) is 1.80. The molecule has 0 saturated carbocycles. The van der Waals surface area contributed by atoms with Crippen LogP contribution < -0.4 is 10.1 Å². The molecule has 0 aromatic heterocycles. The molecule has 2 aromatic rings. The highest BCUT2D eigenvalue weighted by molar-refractivity contribution is 5.50. The number of ether oxygens (including phenoxy) is 1. The van der Waals surface area contributed by atoms with Gasteiger partial charge in [0.15, 0.2) is 0 Å². The minimum absolute atomic E-state index is 0.0239. The number of hydrogen-bond donors (Lipinski definition) is 1. The lowest BCUT2D eigenvalue weighted by Crippen LogP contribution is -2.12. The van der Waals surface area contributed by atoms with E-state index in [-0.39, 0.29) is 11.5 Å². The van der Waals surface area contributed by atoms with E-state index >= 15 is 0 Å². The number of benzene rings is 2. The topological polar surface area (TPSA) is 64.4 Å². The third kappa shape index (κ3) is 4.17. The third-order valence-corrected chi connectivity index (χ3v) is 2.93. The summed E-state index contributed by atoms with van der Waals surface area (Å²) in [6, 6.07) is 10.4. The molecule has 2 rings (SSSR count). The standard InChI is InChI=1S/C15H15FN2O3/c1-11-2-3-12(16)10-15(11)17-8-9-21-14-6-4-13(5-7-14)18(19)20/h2-7,10,17H,8-9H2,1H3.